The summed E-state index contributed by atoms with van der Waals surface area (Å²) in [5.74, 6) is 1.43. The van der Waals surface area contributed by atoms with E-state index in [1.165, 1.54) is 0 Å². The molecule has 0 aliphatic heterocycles. The lowest BCUT2D eigenvalue weighted by Gasteiger charge is -2.09. The lowest BCUT2D eigenvalue weighted by Crippen LogP contribution is -2.03. The highest BCUT2D eigenvalue weighted by Crippen LogP contribution is 2.32. The molecule has 0 spiro atoms. The van der Waals surface area contributed by atoms with Crippen LogP contribution < -0.4 is 10.5 Å². The Morgan fingerprint density at radius 2 is 2.20 bits per heavy atom. The fourth-order valence-electron chi connectivity index (χ4n) is 2.35. The topological polar surface area (TPSA) is 65.4 Å². The van der Waals surface area contributed by atoms with E-state index < -0.39 is 0 Å². The van der Waals surface area contributed by atoms with E-state index >= 15 is 0 Å². The number of hydrogen-bond acceptors (Lipinski definition) is 4. The lowest BCUT2D eigenvalue weighted by molar-refractivity contribution is 0.416. The van der Waals surface area contributed by atoms with Gasteiger partial charge in [0.05, 0.1) is 18.5 Å². The molecule has 2 N–H and O–H groups in total. The Labute approximate surface area is 117 Å². The predicted octanol–water partition coefficient (Wildman–Crippen LogP) is 2.17. The standard InChI is InChI=1S/C15H16N4O/c1-10-4-5-13(20-2)11(8-10)14-12(9-16)19-7-3-6-17-15(19)18-14/h3-8H,9,16H2,1-2H3. The number of aryl methyl sites for hydroxylation is 1. The quantitative estimate of drug-likeness (QED) is 0.790. The normalized spacial score (nSPS) is 10.9. The van der Waals surface area contributed by atoms with Gasteiger partial charge < -0.3 is 10.5 Å². The van der Waals surface area contributed by atoms with Crippen molar-refractivity contribution in [3.63, 3.8) is 0 Å². The molecule has 0 fully saturated rings. The molecule has 0 atom stereocenters. The first-order valence-corrected chi connectivity index (χ1v) is 6.41. The van der Waals surface area contributed by atoms with E-state index in [1.807, 2.05) is 35.7 Å². The van der Waals surface area contributed by atoms with Crippen LogP contribution in [0.1, 0.15) is 11.3 Å². The first-order valence-electron chi connectivity index (χ1n) is 6.41. The van der Waals surface area contributed by atoms with E-state index in [2.05, 4.69) is 16.0 Å². The minimum atomic E-state index is 0.388. The van der Waals surface area contributed by atoms with Crippen molar-refractivity contribution in [3.05, 3.63) is 47.9 Å². The van der Waals surface area contributed by atoms with Gasteiger partial charge in [-0.25, -0.2) is 9.97 Å². The van der Waals surface area contributed by atoms with Crippen molar-refractivity contribution < 1.29 is 4.74 Å². The molecule has 1 aromatic carbocycles. The van der Waals surface area contributed by atoms with Crippen LogP contribution in [-0.2, 0) is 6.54 Å². The van der Waals surface area contributed by atoms with Gasteiger partial charge in [0.25, 0.3) is 0 Å². The molecule has 102 valence electrons. The van der Waals surface area contributed by atoms with Crippen LogP contribution in [0.4, 0.5) is 0 Å². The van der Waals surface area contributed by atoms with E-state index in [4.69, 9.17) is 10.5 Å². The SMILES string of the molecule is COc1ccc(C)cc1-c1nc2ncccn2c1CN. The molecule has 3 rings (SSSR count). The van der Waals surface area contributed by atoms with Crippen LogP contribution in [0.2, 0.25) is 0 Å². The molecule has 0 saturated heterocycles. The van der Waals surface area contributed by atoms with Gasteiger partial charge in [0.15, 0.2) is 0 Å². The smallest absolute Gasteiger partial charge is 0.234 e. The largest absolute Gasteiger partial charge is 0.496 e. The maximum Gasteiger partial charge on any atom is 0.234 e. The Bertz CT molecular complexity index is 764. The number of ether oxygens (including phenoxy) is 1. The van der Waals surface area contributed by atoms with Crippen LogP contribution in [0.5, 0.6) is 5.75 Å². The van der Waals surface area contributed by atoms with Gasteiger partial charge in [-0.2, -0.15) is 0 Å². The van der Waals surface area contributed by atoms with Crippen molar-refractivity contribution >= 4 is 5.78 Å². The minimum absolute atomic E-state index is 0.388. The maximum atomic E-state index is 5.90. The number of benzene rings is 1. The molecule has 5 heteroatoms. The highest BCUT2D eigenvalue weighted by molar-refractivity contribution is 5.72. The van der Waals surface area contributed by atoms with Crippen LogP contribution in [0.25, 0.3) is 17.0 Å². The van der Waals surface area contributed by atoms with Gasteiger partial charge in [-0.1, -0.05) is 11.6 Å². The van der Waals surface area contributed by atoms with Crippen molar-refractivity contribution in [1.82, 2.24) is 14.4 Å². The number of aromatic nitrogens is 3. The number of imidazole rings is 1. The van der Waals surface area contributed by atoms with Crippen molar-refractivity contribution in [2.75, 3.05) is 7.11 Å². The third-order valence-corrected chi connectivity index (χ3v) is 3.31. The number of fused-ring (bicyclic) bond motifs is 1. The summed E-state index contributed by atoms with van der Waals surface area (Å²) in [7, 11) is 1.66. The molecule has 0 bridgehead atoms. The van der Waals surface area contributed by atoms with Crippen LogP contribution in [0.15, 0.2) is 36.7 Å². The Kier molecular flexibility index (Phi) is 3.12. The first kappa shape index (κ1) is 12.6. The van der Waals surface area contributed by atoms with Crippen molar-refractivity contribution in [3.8, 4) is 17.0 Å². The monoisotopic (exact) mass is 268 g/mol. The van der Waals surface area contributed by atoms with Gasteiger partial charge in [0, 0.05) is 24.5 Å². The predicted molar refractivity (Wildman–Crippen MR) is 77.6 cm³/mol. The molecule has 5 nitrogen and oxygen atoms in total. The average molecular weight is 268 g/mol. The Morgan fingerprint density at radius 1 is 1.35 bits per heavy atom. The summed E-state index contributed by atoms with van der Waals surface area (Å²) in [6, 6.07) is 7.88. The summed E-state index contributed by atoms with van der Waals surface area (Å²) in [5.41, 5.74) is 9.74. The van der Waals surface area contributed by atoms with Gasteiger partial charge >= 0.3 is 0 Å². The van der Waals surface area contributed by atoms with E-state index in [-0.39, 0.29) is 0 Å². The fraction of sp³-hybridized carbons (Fsp3) is 0.200. The zero-order chi connectivity index (χ0) is 14.1. The molecular weight excluding hydrogens is 252 g/mol. The van der Waals surface area contributed by atoms with Crippen molar-refractivity contribution in [2.45, 2.75) is 13.5 Å². The summed E-state index contributed by atoms with van der Waals surface area (Å²) >= 11 is 0. The number of rotatable bonds is 3. The Morgan fingerprint density at radius 3 is 2.95 bits per heavy atom. The second-order valence-electron chi connectivity index (χ2n) is 4.60. The van der Waals surface area contributed by atoms with Crippen LogP contribution >= 0.6 is 0 Å². The summed E-state index contributed by atoms with van der Waals surface area (Å²) < 4.78 is 7.35. The lowest BCUT2D eigenvalue weighted by atomic mass is 10.1. The summed E-state index contributed by atoms with van der Waals surface area (Å²) in [4.78, 5) is 8.86. The molecule has 0 amide bonds. The van der Waals surface area contributed by atoms with E-state index in [9.17, 15) is 0 Å². The van der Waals surface area contributed by atoms with Crippen molar-refractivity contribution in [2.24, 2.45) is 5.73 Å². The Hall–Kier alpha value is -2.40. The molecule has 0 saturated carbocycles. The molecular formula is C15H16N4O. The number of methoxy groups -OCH3 is 1. The maximum absolute atomic E-state index is 5.90. The third kappa shape index (κ3) is 1.92. The molecule has 0 aliphatic carbocycles. The van der Waals surface area contributed by atoms with Crippen LogP contribution in [0, 0.1) is 6.92 Å². The third-order valence-electron chi connectivity index (χ3n) is 3.31. The van der Waals surface area contributed by atoms with Gasteiger partial charge in [0.2, 0.25) is 5.78 Å². The van der Waals surface area contributed by atoms with E-state index in [0.717, 1.165) is 28.3 Å². The first-order chi connectivity index (χ1) is 9.74. The van der Waals surface area contributed by atoms with Crippen LogP contribution in [-0.4, -0.2) is 21.5 Å². The summed E-state index contributed by atoms with van der Waals surface area (Å²) in [5, 5.41) is 0. The Balaban J connectivity index is 2.31. The molecule has 2 heterocycles. The molecule has 3 aromatic rings. The number of hydrogen-bond donors (Lipinski definition) is 1. The second-order valence-corrected chi connectivity index (χ2v) is 4.60. The number of nitrogens with zero attached hydrogens (tertiary/aromatic N) is 3. The second kappa shape index (κ2) is 4.94. The van der Waals surface area contributed by atoms with E-state index in [0.29, 0.717) is 12.3 Å². The highest BCUT2D eigenvalue weighted by atomic mass is 16.5. The molecule has 0 unspecified atom stereocenters. The molecule has 0 aliphatic rings. The van der Waals surface area contributed by atoms with Gasteiger partial charge in [-0.05, 0) is 25.1 Å². The highest BCUT2D eigenvalue weighted by Gasteiger charge is 2.16. The van der Waals surface area contributed by atoms with Gasteiger partial charge in [-0.3, -0.25) is 4.40 Å². The van der Waals surface area contributed by atoms with Gasteiger partial charge in [0.1, 0.15) is 5.75 Å². The van der Waals surface area contributed by atoms with E-state index in [1.54, 1.807) is 13.3 Å². The van der Waals surface area contributed by atoms with Crippen molar-refractivity contribution in [1.29, 1.82) is 0 Å². The average Bonchev–Trinajstić information content (AvgIpc) is 2.85. The number of nitrogens with two attached hydrogens (primary N) is 1. The minimum Gasteiger partial charge on any atom is -0.496 e. The molecule has 2 aromatic heterocycles. The zero-order valence-electron chi connectivity index (χ0n) is 11.5. The van der Waals surface area contributed by atoms with Gasteiger partial charge in [-0.15, -0.1) is 0 Å². The summed E-state index contributed by atoms with van der Waals surface area (Å²) in [6.45, 7) is 2.43. The molecule has 20 heavy (non-hydrogen) atoms. The summed E-state index contributed by atoms with van der Waals surface area (Å²) in [6.07, 6.45) is 3.64. The van der Waals surface area contributed by atoms with Crippen LogP contribution in [0.3, 0.4) is 0 Å². The fourth-order valence-corrected chi connectivity index (χ4v) is 2.35. The molecule has 0 radical (unpaired) electrons. The zero-order valence-corrected chi connectivity index (χ0v) is 11.5.